The van der Waals surface area contributed by atoms with Gasteiger partial charge in [0.25, 0.3) is 0 Å². The van der Waals surface area contributed by atoms with Gasteiger partial charge in [0.2, 0.25) is 11.8 Å². The molecule has 1 saturated heterocycles. The van der Waals surface area contributed by atoms with Crippen molar-refractivity contribution >= 4 is 28.5 Å². The van der Waals surface area contributed by atoms with Crippen molar-refractivity contribution in [1.29, 1.82) is 0 Å². The van der Waals surface area contributed by atoms with Gasteiger partial charge in [0.15, 0.2) is 17.3 Å². The highest BCUT2D eigenvalue weighted by Gasteiger charge is 2.37. The van der Waals surface area contributed by atoms with Crippen molar-refractivity contribution in [1.82, 2.24) is 15.5 Å². The third-order valence-corrected chi connectivity index (χ3v) is 5.00. The van der Waals surface area contributed by atoms with Gasteiger partial charge in [-0.05, 0) is 24.3 Å². The maximum atomic E-state index is 14.2. The highest BCUT2D eigenvalue weighted by atomic mass is 19.1. The Morgan fingerprint density at radius 1 is 1.27 bits per heavy atom. The Bertz CT molecular complexity index is 1080. The summed E-state index contributed by atoms with van der Waals surface area (Å²) in [5.74, 6) is -0.120. The van der Waals surface area contributed by atoms with Crippen molar-refractivity contribution < 1.29 is 23.5 Å². The van der Waals surface area contributed by atoms with E-state index in [1.165, 1.54) is 11.0 Å². The van der Waals surface area contributed by atoms with E-state index in [2.05, 4.69) is 15.5 Å². The lowest BCUT2D eigenvalue weighted by Gasteiger charge is -2.15. The molecule has 1 aliphatic rings. The zero-order valence-electron chi connectivity index (χ0n) is 16.4. The van der Waals surface area contributed by atoms with Crippen LogP contribution in [0.25, 0.3) is 10.9 Å². The number of aromatic nitrogens is 2. The van der Waals surface area contributed by atoms with Gasteiger partial charge in [-0.1, -0.05) is 18.2 Å². The van der Waals surface area contributed by atoms with Gasteiger partial charge in [-0.15, -0.1) is 0 Å². The summed E-state index contributed by atoms with van der Waals surface area (Å²) in [5.41, 5.74) is 0.499. The van der Waals surface area contributed by atoms with E-state index in [-0.39, 0.29) is 49.1 Å². The van der Waals surface area contributed by atoms with E-state index in [0.29, 0.717) is 17.0 Å². The summed E-state index contributed by atoms with van der Waals surface area (Å²) < 4.78 is 25.1. The zero-order chi connectivity index (χ0) is 21.1. The molecule has 8 nitrogen and oxygen atoms in total. The number of ether oxygens (including phenoxy) is 2. The summed E-state index contributed by atoms with van der Waals surface area (Å²) in [6, 6.07) is 11.8. The molecule has 4 rings (SSSR count). The fraction of sp³-hybridized carbons (Fsp3) is 0.286. The molecule has 1 aromatic heterocycles. The van der Waals surface area contributed by atoms with Crippen molar-refractivity contribution in [2.45, 2.75) is 6.42 Å². The molecule has 9 heteroatoms. The molecule has 2 heterocycles. The quantitative estimate of drug-likeness (QED) is 0.581. The lowest BCUT2D eigenvalue weighted by atomic mass is 10.1. The molecule has 30 heavy (non-hydrogen) atoms. The normalized spacial score (nSPS) is 16.1. The van der Waals surface area contributed by atoms with E-state index in [1.807, 2.05) is 12.1 Å². The molecule has 2 N–H and O–H groups in total. The minimum Gasteiger partial charge on any atom is -0.493 e. The van der Waals surface area contributed by atoms with E-state index in [9.17, 15) is 14.0 Å². The summed E-state index contributed by atoms with van der Waals surface area (Å²) >= 11 is 0. The lowest BCUT2D eigenvalue weighted by molar-refractivity contribution is -0.126. The van der Waals surface area contributed by atoms with Gasteiger partial charge in [0.05, 0.1) is 30.5 Å². The Hall–Kier alpha value is -3.62. The van der Waals surface area contributed by atoms with E-state index in [4.69, 9.17) is 9.47 Å². The number of amides is 2. The van der Waals surface area contributed by atoms with Crippen molar-refractivity contribution in [3.8, 4) is 11.5 Å². The van der Waals surface area contributed by atoms with Crippen LogP contribution in [0.15, 0.2) is 42.5 Å². The second-order valence-electron chi connectivity index (χ2n) is 6.91. The van der Waals surface area contributed by atoms with Crippen LogP contribution in [0.5, 0.6) is 11.5 Å². The molecule has 156 valence electrons. The molecule has 0 saturated carbocycles. The maximum Gasteiger partial charge on any atom is 0.229 e. The van der Waals surface area contributed by atoms with Gasteiger partial charge in [0.1, 0.15) is 12.4 Å². The van der Waals surface area contributed by atoms with Gasteiger partial charge in [0, 0.05) is 13.0 Å². The second-order valence-corrected chi connectivity index (χ2v) is 6.91. The molecule has 0 unspecified atom stereocenters. The van der Waals surface area contributed by atoms with Crippen LogP contribution in [0, 0.1) is 11.7 Å². The number of nitrogens with zero attached hydrogens (tertiary/aromatic N) is 2. The number of rotatable bonds is 7. The van der Waals surface area contributed by atoms with E-state index in [0.717, 1.165) is 0 Å². The SMILES string of the molecule is COc1ccccc1OCCNC(=O)[C@H]1CC(=O)N(c2n[nH]c3cccc(F)c23)C1. The highest BCUT2D eigenvalue weighted by molar-refractivity contribution is 6.05. The summed E-state index contributed by atoms with van der Waals surface area (Å²) in [4.78, 5) is 26.3. The van der Waals surface area contributed by atoms with E-state index in [1.54, 1.807) is 31.4 Å². The first-order chi connectivity index (χ1) is 14.6. The number of hydrogen-bond donors (Lipinski definition) is 2. The molecule has 0 spiro atoms. The van der Waals surface area contributed by atoms with Crippen LogP contribution in [0.4, 0.5) is 10.2 Å². The number of halogens is 1. The monoisotopic (exact) mass is 412 g/mol. The van der Waals surface area contributed by atoms with E-state index >= 15 is 0 Å². The number of para-hydroxylation sites is 2. The summed E-state index contributed by atoms with van der Waals surface area (Å²) in [6.45, 7) is 0.680. The number of nitrogens with one attached hydrogen (secondary N) is 2. The number of carbonyl (C=O) groups excluding carboxylic acids is 2. The van der Waals surface area contributed by atoms with Gasteiger partial charge in [-0.2, -0.15) is 5.10 Å². The molecular weight excluding hydrogens is 391 g/mol. The molecule has 0 radical (unpaired) electrons. The van der Waals surface area contributed by atoms with Crippen LogP contribution in [0.1, 0.15) is 6.42 Å². The molecule has 2 amide bonds. The van der Waals surface area contributed by atoms with Crippen LogP contribution in [0.3, 0.4) is 0 Å². The molecular formula is C21H21FN4O4. The predicted molar refractivity (Wildman–Crippen MR) is 108 cm³/mol. The van der Waals surface area contributed by atoms with Crippen molar-refractivity contribution in [3.05, 3.63) is 48.3 Å². The molecule has 1 fully saturated rings. The number of methoxy groups -OCH3 is 1. The minimum absolute atomic E-state index is 0.0437. The average molecular weight is 412 g/mol. The fourth-order valence-corrected chi connectivity index (χ4v) is 3.51. The smallest absolute Gasteiger partial charge is 0.229 e. The van der Waals surface area contributed by atoms with Crippen LogP contribution < -0.4 is 19.7 Å². The Labute approximate surface area is 172 Å². The maximum absolute atomic E-state index is 14.2. The fourth-order valence-electron chi connectivity index (χ4n) is 3.51. The number of aromatic amines is 1. The minimum atomic E-state index is -0.540. The number of benzene rings is 2. The molecule has 0 aliphatic carbocycles. The first-order valence-electron chi connectivity index (χ1n) is 9.55. The number of H-pyrrole nitrogens is 1. The third kappa shape index (κ3) is 3.78. The molecule has 2 aromatic carbocycles. The first-order valence-corrected chi connectivity index (χ1v) is 9.55. The Morgan fingerprint density at radius 2 is 2.07 bits per heavy atom. The second kappa shape index (κ2) is 8.40. The largest absolute Gasteiger partial charge is 0.493 e. The Morgan fingerprint density at radius 3 is 2.87 bits per heavy atom. The topological polar surface area (TPSA) is 96.5 Å². The summed E-state index contributed by atoms with van der Waals surface area (Å²) in [5, 5.41) is 9.84. The zero-order valence-corrected chi connectivity index (χ0v) is 16.4. The Balaban J connectivity index is 1.34. The van der Waals surface area contributed by atoms with Gasteiger partial charge in [-0.25, -0.2) is 4.39 Å². The van der Waals surface area contributed by atoms with Gasteiger partial charge in [-0.3, -0.25) is 19.6 Å². The third-order valence-electron chi connectivity index (χ3n) is 5.00. The van der Waals surface area contributed by atoms with E-state index < -0.39 is 11.7 Å². The molecule has 1 atom stereocenters. The standard InChI is InChI=1S/C21H21FN4O4/c1-29-16-7-2-3-8-17(16)30-10-9-23-21(28)13-11-18(27)26(12-13)20-19-14(22)5-4-6-15(19)24-25-20/h2-8,13H,9-12H2,1H3,(H,23,28)(H,24,25)/t13-/m0/s1. The summed E-state index contributed by atoms with van der Waals surface area (Å²) in [7, 11) is 1.56. The average Bonchev–Trinajstić information content (AvgIpc) is 3.35. The van der Waals surface area contributed by atoms with Crippen molar-refractivity contribution in [3.63, 3.8) is 0 Å². The van der Waals surface area contributed by atoms with Crippen LogP contribution in [0.2, 0.25) is 0 Å². The van der Waals surface area contributed by atoms with Crippen molar-refractivity contribution in [2.24, 2.45) is 5.92 Å². The number of fused-ring (bicyclic) bond motifs is 1. The Kier molecular flexibility index (Phi) is 5.51. The molecule has 1 aliphatic heterocycles. The predicted octanol–water partition coefficient (Wildman–Crippen LogP) is 2.26. The molecule has 3 aromatic rings. The van der Waals surface area contributed by atoms with Crippen LogP contribution in [-0.2, 0) is 9.59 Å². The highest BCUT2D eigenvalue weighted by Crippen LogP contribution is 2.31. The van der Waals surface area contributed by atoms with Gasteiger partial charge >= 0.3 is 0 Å². The first kappa shape index (κ1) is 19.7. The van der Waals surface area contributed by atoms with Crippen LogP contribution >= 0.6 is 0 Å². The summed E-state index contributed by atoms with van der Waals surface area (Å²) in [6.07, 6.45) is 0.0437. The number of carbonyl (C=O) groups is 2. The number of hydrogen-bond acceptors (Lipinski definition) is 5. The lowest BCUT2D eigenvalue weighted by Crippen LogP contribution is -2.35. The van der Waals surface area contributed by atoms with Crippen LogP contribution in [-0.4, -0.2) is 48.8 Å². The van der Waals surface area contributed by atoms with Gasteiger partial charge < -0.3 is 14.8 Å². The number of anilines is 1. The van der Waals surface area contributed by atoms with Crippen molar-refractivity contribution in [2.75, 3.05) is 31.7 Å². The molecule has 0 bridgehead atoms.